The SMILES string of the molecule is CCOC(=O)Cc1csc(NN=Cc2ccc(Oc3ccc([N+](=O)[O-])cc3)cc2)n1. The van der Waals surface area contributed by atoms with Gasteiger partial charge < -0.3 is 9.47 Å². The summed E-state index contributed by atoms with van der Waals surface area (Å²) in [7, 11) is 0. The maximum absolute atomic E-state index is 11.5. The summed E-state index contributed by atoms with van der Waals surface area (Å²) in [5.74, 6) is 0.789. The number of hydrogen-bond donors (Lipinski definition) is 1. The number of anilines is 1. The van der Waals surface area contributed by atoms with Gasteiger partial charge in [0.05, 0.1) is 29.9 Å². The van der Waals surface area contributed by atoms with Crippen LogP contribution < -0.4 is 10.2 Å². The summed E-state index contributed by atoms with van der Waals surface area (Å²) in [4.78, 5) is 26.0. The summed E-state index contributed by atoms with van der Waals surface area (Å²) < 4.78 is 10.6. The van der Waals surface area contributed by atoms with E-state index in [9.17, 15) is 14.9 Å². The van der Waals surface area contributed by atoms with Gasteiger partial charge in [-0.25, -0.2) is 4.98 Å². The number of rotatable bonds is 9. The highest BCUT2D eigenvalue weighted by molar-refractivity contribution is 7.13. The molecule has 0 spiro atoms. The molecule has 1 N–H and O–H groups in total. The number of nitrogens with one attached hydrogen (secondary N) is 1. The first-order chi connectivity index (χ1) is 14.5. The smallest absolute Gasteiger partial charge is 0.311 e. The van der Waals surface area contributed by atoms with E-state index in [0.29, 0.717) is 28.9 Å². The molecule has 0 aliphatic rings. The van der Waals surface area contributed by atoms with Gasteiger partial charge in [0.15, 0.2) is 0 Å². The molecule has 0 aliphatic heterocycles. The molecule has 0 fully saturated rings. The quantitative estimate of drug-likeness (QED) is 0.233. The second-order valence-electron chi connectivity index (χ2n) is 5.92. The Kier molecular flexibility index (Phi) is 7.06. The lowest BCUT2D eigenvalue weighted by Gasteiger charge is -2.05. The van der Waals surface area contributed by atoms with Crippen LogP contribution in [0.15, 0.2) is 59.0 Å². The van der Waals surface area contributed by atoms with Crippen LogP contribution in [0.4, 0.5) is 10.8 Å². The molecule has 1 aromatic heterocycles. The van der Waals surface area contributed by atoms with Crippen LogP contribution in [-0.2, 0) is 16.0 Å². The van der Waals surface area contributed by atoms with E-state index < -0.39 is 4.92 Å². The van der Waals surface area contributed by atoms with Gasteiger partial charge in [0.1, 0.15) is 11.5 Å². The average Bonchev–Trinajstić information content (AvgIpc) is 3.17. The van der Waals surface area contributed by atoms with Gasteiger partial charge in [-0.2, -0.15) is 5.10 Å². The molecule has 0 unspecified atom stereocenters. The van der Waals surface area contributed by atoms with Gasteiger partial charge in [-0.05, 0) is 48.9 Å². The molecule has 0 saturated carbocycles. The largest absolute Gasteiger partial charge is 0.466 e. The molecule has 3 rings (SSSR count). The number of esters is 1. The fourth-order valence-electron chi connectivity index (χ4n) is 2.36. The Balaban J connectivity index is 1.51. The van der Waals surface area contributed by atoms with Crippen molar-refractivity contribution >= 4 is 34.3 Å². The number of hydrogen-bond acceptors (Lipinski definition) is 9. The van der Waals surface area contributed by atoms with E-state index in [2.05, 4.69) is 15.5 Å². The lowest BCUT2D eigenvalue weighted by molar-refractivity contribution is -0.384. The van der Waals surface area contributed by atoms with Crippen molar-refractivity contribution in [1.82, 2.24) is 4.98 Å². The van der Waals surface area contributed by atoms with Crippen LogP contribution in [0.1, 0.15) is 18.2 Å². The predicted octanol–water partition coefficient (Wildman–Crippen LogP) is 4.40. The van der Waals surface area contributed by atoms with Crippen LogP contribution in [0.5, 0.6) is 11.5 Å². The molecule has 0 bridgehead atoms. The number of thiazole rings is 1. The normalized spacial score (nSPS) is 10.7. The van der Waals surface area contributed by atoms with E-state index in [-0.39, 0.29) is 18.1 Å². The van der Waals surface area contributed by atoms with Crippen molar-refractivity contribution in [3.63, 3.8) is 0 Å². The zero-order valence-corrected chi connectivity index (χ0v) is 16.8. The first kappa shape index (κ1) is 20.9. The number of carbonyl (C=O) groups is 1. The first-order valence-corrected chi connectivity index (χ1v) is 9.83. The molecule has 0 atom stereocenters. The standard InChI is InChI=1S/C20H18N4O5S/c1-2-28-19(25)11-15-13-30-20(22-15)23-21-12-14-3-7-17(8-4-14)29-18-9-5-16(6-10-18)24(26)27/h3-10,12-13H,2,11H2,1H3,(H,22,23). The van der Waals surface area contributed by atoms with Crippen molar-refractivity contribution in [3.8, 4) is 11.5 Å². The van der Waals surface area contributed by atoms with Gasteiger partial charge in [-0.15, -0.1) is 11.3 Å². The summed E-state index contributed by atoms with van der Waals surface area (Å²) in [5.41, 5.74) is 4.30. The number of non-ortho nitro benzene ring substituents is 1. The number of benzene rings is 2. The predicted molar refractivity (Wildman–Crippen MR) is 113 cm³/mol. The molecular weight excluding hydrogens is 408 g/mol. The first-order valence-electron chi connectivity index (χ1n) is 8.95. The van der Waals surface area contributed by atoms with Crippen LogP contribution in [-0.4, -0.2) is 28.7 Å². The molecule has 30 heavy (non-hydrogen) atoms. The lowest BCUT2D eigenvalue weighted by Crippen LogP contribution is -2.07. The van der Waals surface area contributed by atoms with Crippen LogP contribution >= 0.6 is 11.3 Å². The van der Waals surface area contributed by atoms with E-state index in [1.54, 1.807) is 42.8 Å². The number of hydrazone groups is 1. The minimum Gasteiger partial charge on any atom is -0.466 e. The molecule has 0 radical (unpaired) electrons. The molecule has 0 aliphatic carbocycles. The van der Waals surface area contributed by atoms with Crippen LogP contribution in [0, 0.1) is 10.1 Å². The van der Waals surface area contributed by atoms with Crippen molar-refractivity contribution in [3.05, 3.63) is 75.3 Å². The maximum Gasteiger partial charge on any atom is 0.311 e. The zero-order valence-electron chi connectivity index (χ0n) is 16.0. The van der Waals surface area contributed by atoms with Crippen molar-refractivity contribution in [1.29, 1.82) is 0 Å². The third kappa shape index (κ3) is 6.11. The monoisotopic (exact) mass is 426 g/mol. The molecule has 10 heteroatoms. The van der Waals surface area contributed by atoms with E-state index in [0.717, 1.165) is 5.56 Å². The molecular formula is C20H18N4O5S. The fraction of sp³-hybridized carbons (Fsp3) is 0.150. The van der Waals surface area contributed by atoms with Gasteiger partial charge in [0.2, 0.25) is 5.13 Å². The Hall–Kier alpha value is -3.79. The topological polar surface area (TPSA) is 116 Å². The third-order valence-electron chi connectivity index (χ3n) is 3.72. The van der Waals surface area contributed by atoms with Gasteiger partial charge in [-0.3, -0.25) is 20.3 Å². The Morgan fingerprint density at radius 2 is 1.87 bits per heavy atom. The van der Waals surface area contributed by atoms with E-state index in [1.807, 2.05) is 12.1 Å². The van der Waals surface area contributed by atoms with Crippen LogP contribution in [0.3, 0.4) is 0 Å². The number of aromatic nitrogens is 1. The summed E-state index contributed by atoms with van der Waals surface area (Å²) in [6.07, 6.45) is 1.76. The number of nitrogens with zero attached hydrogens (tertiary/aromatic N) is 3. The van der Waals surface area contributed by atoms with Gasteiger partial charge in [-0.1, -0.05) is 0 Å². The molecule has 1 heterocycles. The second-order valence-corrected chi connectivity index (χ2v) is 6.78. The van der Waals surface area contributed by atoms with Crippen LogP contribution in [0.25, 0.3) is 0 Å². The maximum atomic E-state index is 11.5. The van der Waals surface area contributed by atoms with Crippen molar-refractivity contribution in [2.45, 2.75) is 13.3 Å². The van der Waals surface area contributed by atoms with Gasteiger partial charge in [0.25, 0.3) is 5.69 Å². The minimum absolute atomic E-state index is 0.00894. The van der Waals surface area contributed by atoms with Crippen molar-refractivity contribution in [2.75, 3.05) is 12.0 Å². The van der Waals surface area contributed by atoms with E-state index in [1.165, 1.54) is 23.5 Å². The fourth-order valence-corrected chi connectivity index (χ4v) is 3.01. The van der Waals surface area contributed by atoms with Gasteiger partial charge >= 0.3 is 5.97 Å². The Morgan fingerprint density at radius 3 is 2.50 bits per heavy atom. The zero-order chi connectivity index (χ0) is 21.3. The van der Waals surface area contributed by atoms with Crippen molar-refractivity contribution < 1.29 is 19.2 Å². The number of carbonyl (C=O) groups excluding carboxylic acids is 1. The Morgan fingerprint density at radius 1 is 1.20 bits per heavy atom. The highest BCUT2D eigenvalue weighted by Crippen LogP contribution is 2.24. The Bertz CT molecular complexity index is 1030. The molecule has 0 saturated heterocycles. The number of ether oxygens (including phenoxy) is 2. The summed E-state index contributed by atoms with van der Waals surface area (Å²) in [6, 6.07) is 13.0. The average molecular weight is 426 g/mol. The molecule has 2 aromatic carbocycles. The second kappa shape index (κ2) is 10.1. The highest BCUT2D eigenvalue weighted by atomic mass is 32.1. The summed E-state index contributed by atoms with van der Waals surface area (Å²) in [5, 5.41) is 17.2. The van der Waals surface area contributed by atoms with Crippen LogP contribution in [0.2, 0.25) is 0 Å². The van der Waals surface area contributed by atoms with Crippen molar-refractivity contribution in [2.24, 2.45) is 5.10 Å². The molecule has 154 valence electrons. The van der Waals surface area contributed by atoms with E-state index >= 15 is 0 Å². The minimum atomic E-state index is -0.459. The molecule has 0 amide bonds. The summed E-state index contributed by atoms with van der Waals surface area (Å²) >= 11 is 1.35. The highest BCUT2D eigenvalue weighted by Gasteiger charge is 2.08. The lowest BCUT2D eigenvalue weighted by atomic mass is 10.2. The number of nitro benzene ring substituents is 1. The molecule has 9 nitrogen and oxygen atoms in total. The third-order valence-corrected chi connectivity index (χ3v) is 4.52. The molecule has 3 aromatic rings. The number of nitro groups is 1. The summed E-state index contributed by atoms with van der Waals surface area (Å²) in [6.45, 7) is 2.10. The van der Waals surface area contributed by atoms with Gasteiger partial charge in [0, 0.05) is 17.5 Å². The Labute approximate surface area is 176 Å². The van der Waals surface area contributed by atoms with E-state index in [4.69, 9.17) is 9.47 Å².